The first-order valence-electron chi connectivity index (χ1n) is 7.21. The number of carboxylic acid groups (broad SMARTS) is 1. The van der Waals surface area contributed by atoms with E-state index in [-0.39, 0.29) is 6.04 Å². The molecular formula is C18H21NO2. The van der Waals surface area contributed by atoms with Gasteiger partial charge in [-0.25, -0.2) is 0 Å². The minimum atomic E-state index is -0.776. The molecule has 0 radical (unpaired) electrons. The summed E-state index contributed by atoms with van der Waals surface area (Å²) >= 11 is 0. The highest BCUT2D eigenvalue weighted by Gasteiger charge is 2.21. The van der Waals surface area contributed by atoms with Gasteiger partial charge in [0.15, 0.2) is 0 Å². The van der Waals surface area contributed by atoms with Gasteiger partial charge in [-0.3, -0.25) is 4.79 Å². The molecule has 0 aliphatic rings. The smallest absolute Gasteiger partial charge is 0.306 e. The molecule has 0 heterocycles. The topological polar surface area (TPSA) is 63.3 Å². The minimum absolute atomic E-state index is 0.141. The fourth-order valence-electron chi connectivity index (χ4n) is 2.54. The molecule has 0 fully saturated rings. The number of carbonyl (C=O) groups is 1. The Hall–Kier alpha value is -2.13. The van der Waals surface area contributed by atoms with Gasteiger partial charge in [0.1, 0.15) is 0 Å². The van der Waals surface area contributed by atoms with E-state index < -0.39 is 11.9 Å². The summed E-state index contributed by atoms with van der Waals surface area (Å²) in [6.07, 6.45) is 1.72. The lowest BCUT2D eigenvalue weighted by atomic mass is 9.90. The summed E-state index contributed by atoms with van der Waals surface area (Å²) in [5.41, 5.74) is 8.32. The first-order chi connectivity index (χ1) is 10.1. The molecule has 3 N–H and O–H groups in total. The van der Waals surface area contributed by atoms with Gasteiger partial charge in [-0.2, -0.15) is 0 Å². The molecule has 21 heavy (non-hydrogen) atoms. The quantitative estimate of drug-likeness (QED) is 0.821. The van der Waals surface area contributed by atoms with E-state index in [1.54, 1.807) is 0 Å². The standard InChI is InChI=1S/C18H21NO2/c19-17(12-15-9-5-2-6-10-15)13-16(18(20)21)11-14-7-3-1-4-8-14/h1-10,16-17H,11-13,19H2,(H,20,21)/t16-,17+/m1/s1. The molecule has 0 unspecified atom stereocenters. The summed E-state index contributed by atoms with van der Waals surface area (Å²) in [5.74, 6) is -1.21. The largest absolute Gasteiger partial charge is 0.481 e. The Labute approximate surface area is 125 Å². The highest BCUT2D eigenvalue weighted by molar-refractivity contribution is 5.70. The summed E-state index contributed by atoms with van der Waals surface area (Å²) in [7, 11) is 0. The van der Waals surface area contributed by atoms with Crippen LogP contribution in [0.3, 0.4) is 0 Å². The Morgan fingerprint density at radius 2 is 1.38 bits per heavy atom. The average molecular weight is 283 g/mol. The van der Waals surface area contributed by atoms with E-state index in [0.29, 0.717) is 19.3 Å². The van der Waals surface area contributed by atoms with Crippen LogP contribution in [0, 0.1) is 5.92 Å². The zero-order valence-corrected chi connectivity index (χ0v) is 12.0. The highest BCUT2D eigenvalue weighted by atomic mass is 16.4. The lowest BCUT2D eigenvalue weighted by Gasteiger charge is -2.18. The van der Waals surface area contributed by atoms with Crippen LogP contribution in [0.15, 0.2) is 60.7 Å². The second-order valence-corrected chi connectivity index (χ2v) is 5.41. The number of hydrogen-bond acceptors (Lipinski definition) is 2. The molecule has 0 amide bonds. The second-order valence-electron chi connectivity index (χ2n) is 5.41. The molecule has 3 nitrogen and oxygen atoms in total. The van der Waals surface area contributed by atoms with Crippen molar-refractivity contribution in [2.24, 2.45) is 11.7 Å². The number of nitrogens with two attached hydrogens (primary N) is 1. The van der Waals surface area contributed by atoms with Crippen molar-refractivity contribution in [2.45, 2.75) is 25.3 Å². The molecule has 2 atom stereocenters. The van der Waals surface area contributed by atoms with Crippen molar-refractivity contribution in [1.82, 2.24) is 0 Å². The number of aliphatic carboxylic acids is 1. The van der Waals surface area contributed by atoms with Crippen LogP contribution in [0.5, 0.6) is 0 Å². The van der Waals surface area contributed by atoms with Gasteiger partial charge in [0, 0.05) is 6.04 Å². The molecule has 2 aromatic rings. The summed E-state index contributed by atoms with van der Waals surface area (Å²) in [5, 5.41) is 9.39. The van der Waals surface area contributed by atoms with E-state index in [4.69, 9.17) is 5.73 Å². The molecule has 3 heteroatoms. The molecule has 2 aromatic carbocycles. The summed E-state index contributed by atoms with van der Waals surface area (Å²) in [6, 6.07) is 19.5. The van der Waals surface area contributed by atoms with Gasteiger partial charge in [-0.1, -0.05) is 60.7 Å². The van der Waals surface area contributed by atoms with Gasteiger partial charge in [0.2, 0.25) is 0 Å². The predicted molar refractivity (Wildman–Crippen MR) is 84.0 cm³/mol. The van der Waals surface area contributed by atoms with Crippen LogP contribution in [0.25, 0.3) is 0 Å². The fraction of sp³-hybridized carbons (Fsp3) is 0.278. The fourth-order valence-corrected chi connectivity index (χ4v) is 2.54. The van der Waals surface area contributed by atoms with E-state index in [1.807, 2.05) is 60.7 Å². The maximum atomic E-state index is 11.4. The van der Waals surface area contributed by atoms with Crippen LogP contribution in [0.2, 0.25) is 0 Å². The van der Waals surface area contributed by atoms with Gasteiger partial charge in [0.25, 0.3) is 0 Å². The lowest BCUT2D eigenvalue weighted by molar-refractivity contribution is -0.142. The number of rotatable bonds is 7. The zero-order valence-electron chi connectivity index (χ0n) is 12.0. The summed E-state index contributed by atoms with van der Waals surface area (Å²) in [4.78, 5) is 11.4. The van der Waals surface area contributed by atoms with Gasteiger partial charge < -0.3 is 10.8 Å². The third-order valence-electron chi connectivity index (χ3n) is 3.60. The normalized spacial score (nSPS) is 13.6. The maximum absolute atomic E-state index is 11.4. The summed E-state index contributed by atoms with van der Waals surface area (Å²) in [6.45, 7) is 0. The van der Waals surface area contributed by atoms with E-state index in [1.165, 1.54) is 0 Å². The Bertz CT molecular complexity index is 554. The Morgan fingerprint density at radius 1 is 0.905 bits per heavy atom. The van der Waals surface area contributed by atoms with Crippen molar-refractivity contribution in [3.63, 3.8) is 0 Å². The highest BCUT2D eigenvalue weighted by Crippen LogP contribution is 2.16. The molecule has 0 saturated heterocycles. The third kappa shape index (κ3) is 5.04. The lowest BCUT2D eigenvalue weighted by Crippen LogP contribution is -2.30. The van der Waals surface area contributed by atoms with Crippen LogP contribution >= 0.6 is 0 Å². The molecule has 0 aromatic heterocycles. The van der Waals surface area contributed by atoms with Gasteiger partial charge in [0.05, 0.1) is 5.92 Å². The van der Waals surface area contributed by atoms with Crippen molar-refractivity contribution < 1.29 is 9.90 Å². The van der Waals surface area contributed by atoms with E-state index >= 15 is 0 Å². The minimum Gasteiger partial charge on any atom is -0.481 e. The second kappa shape index (κ2) is 7.60. The van der Waals surface area contributed by atoms with Crippen molar-refractivity contribution >= 4 is 5.97 Å². The van der Waals surface area contributed by atoms with E-state index in [2.05, 4.69) is 0 Å². The van der Waals surface area contributed by atoms with Crippen LogP contribution < -0.4 is 5.73 Å². The van der Waals surface area contributed by atoms with E-state index in [0.717, 1.165) is 11.1 Å². The average Bonchev–Trinajstić information content (AvgIpc) is 2.48. The van der Waals surface area contributed by atoms with Crippen molar-refractivity contribution in [1.29, 1.82) is 0 Å². The molecule has 0 bridgehead atoms. The Kier molecular flexibility index (Phi) is 5.52. The van der Waals surface area contributed by atoms with Crippen LogP contribution in [-0.2, 0) is 17.6 Å². The Balaban J connectivity index is 1.95. The molecule has 0 aliphatic heterocycles. The van der Waals surface area contributed by atoms with Gasteiger partial charge >= 0.3 is 5.97 Å². The molecule has 0 aliphatic carbocycles. The van der Waals surface area contributed by atoms with Crippen molar-refractivity contribution in [3.05, 3.63) is 71.8 Å². The molecule has 0 saturated carbocycles. The van der Waals surface area contributed by atoms with Crippen LogP contribution in [-0.4, -0.2) is 17.1 Å². The third-order valence-corrected chi connectivity index (χ3v) is 3.60. The number of carboxylic acids is 1. The summed E-state index contributed by atoms with van der Waals surface area (Å²) < 4.78 is 0. The van der Waals surface area contributed by atoms with E-state index in [9.17, 15) is 9.90 Å². The van der Waals surface area contributed by atoms with Crippen LogP contribution in [0.1, 0.15) is 17.5 Å². The molecule has 2 rings (SSSR count). The zero-order chi connectivity index (χ0) is 15.1. The maximum Gasteiger partial charge on any atom is 0.306 e. The van der Waals surface area contributed by atoms with Gasteiger partial charge in [-0.15, -0.1) is 0 Å². The number of benzene rings is 2. The molecular weight excluding hydrogens is 262 g/mol. The van der Waals surface area contributed by atoms with Crippen molar-refractivity contribution in [2.75, 3.05) is 0 Å². The molecule has 110 valence electrons. The van der Waals surface area contributed by atoms with Gasteiger partial charge in [-0.05, 0) is 30.4 Å². The Morgan fingerprint density at radius 3 is 1.86 bits per heavy atom. The number of hydrogen-bond donors (Lipinski definition) is 2. The monoisotopic (exact) mass is 283 g/mol. The van der Waals surface area contributed by atoms with Crippen LogP contribution in [0.4, 0.5) is 0 Å². The predicted octanol–water partition coefficient (Wildman–Crippen LogP) is 2.89. The molecule has 0 spiro atoms. The SMILES string of the molecule is N[C@@H](Cc1ccccc1)C[C@@H](Cc1ccccc1)C(=O)O. The van der Waals surface area contributed by atoms with Crippen molar-refractivity contribution in [3.8, 4) is 0 Å². The first kappa shape index (κ1) is 15.3. The first-order valence-corrected chi connectivity index (χ1v) is 7.21.